The molecule has 2 rings (SSSR count). The third kappa shape index (κ3) is 4.09. The molecule has 1 heterocycles. The quantitative estimate of drug-likeness (QED) is 0.659. The zero-order chi connectivity index (χ0) is 15.3. The third-order valence-electron chi connectivity index (χ3n) is 5.18. The van der Waals surface area contributed by atoms with Crippen LogP contribution in [0, 0.1) is 11.3 Å². The lowest BCUT2D eigenvalue weighted by molar-refractivity contribution is -0.131. The first-order valence-corrected chi connectivity index (χ1v) is 8.31. The van der Waals surface area contributed by atoms with Crippen molar-refractivity contribution in [3.05, 3.63) is 37.0 Å². The summed E-state index contributed by atoms with van der Waals surface area (Å²) < 4.78 is 0. The SMILES string of the molecule is C=C/C=C(\C=C)CN1CCC(CC2(C)CCCCC2)C1=O. The molecule has 0 bridgehead atoms. The molecule has 1 saturated carbocycles. The van der Waals surface area contributed by atoms with Gasteiger partial charge in [0, 0.05) is 19.0 Å². The van der Waals surface area contributed by atoms with E-state index in [2.05, 4.69) is 20.1 Å². The van der Waals surface area contributed by atoms with Crippen LogP contribution in [0.2, 0.25) is 0 Å². The molecule has 1 saturated heterocycles. The lowest BCUT2D eigenvalue weighted by atomic mass is 9.70. The number of nitrogens with zero attached hydrogens (tertiary/aromatic N) is 1. The number of hydrogen-bond donors (Lipinski definition) is 0. The van der Waals surface area contributed by atoms with Gasteiger partial charge in [0.25, 0.3) is 0 Å². The highest BCUT2D eigenvalue weighted by Gasteiger charge is 2.37. The van der Waals surface area contributed by atoms with E-state index in [4.69, 9.17) is 0 Å². The van der Waals surface area contributed by atoms with Gasteiger partial charge in [-0.25, -0.2) is 0 Å². The van der Waals surface area contributed by atoms with Crippen molar-refractivity contribution in [2.75, 3.05) is 13.1 Å². The molecule has 21 heavy (non-hydrogen) atoms. The Morgan fingerprint density at radius 1 is 1.33 bits per heavy atom. The molecule has 1 aliphatic carbocycles. The first-order valence-electron chi connectivity index (χ1n) is 8.31. The first-order chi connectivity index (χ1) is 10.1. The average molecular weight is 287 g/mol. The zero-order valence-electron chi connectivity index (χ0n) is 13.4. The number of rotatable bonds is 6. The molecule has 1 atom stereocenters. The Balaban J connectivity index is 1.93. The maximum absolute atomic E-state index is 12.6. The lowest BCUT2D eigenvalue weighted by Gasteiger charge is -2.35. The van der Waals surface area contributed by atoms with Crippen molar-refractivity contribution in [1.29, 1.82) is 0 Å². The summed E-state index contributed by atoms with van der Waals surface area (Å²) in [5, 5.41) is 0. The van der Waals surface area contributed by atoms with Crippen LogP contribution in [0.15, 0.2) is 37.0 Å². The highest BCUT2D eigenvalue weighted by atomic mass is 16.2. The van der Waals surface area contributed by atoms with E-state index in [9.17, 15) is 4.79 Å². The predicted octanol–water partition coefficient (Wildman–Crippen LogP) is 4.49. The van der Waals surface area contributed by atoms with Crippen molar-refractivity contribution < 1.29 is 4.79 Å². The molecule has 2 fully saturated rings. The summed E-state index contributed by atoms with van der Waals surface area (Å²) in [6.45, 7) is 11.5. The monoisotopic (exact) mass is 287 g/mol. The molecule has 2 nitrogen and oxygen atoms in total. The van der Waals surface area contributed by atoms with Gasteiger partial charge < -0.3 is 4.90 Å². The Kier molecular flexibility index (Phi) is 5.44. The minimum absolute atomic E-state index is 0.239. The number of amides is 1. The van der Waals surface area contributed by atoms with E-state index in [1.54, 1.807) is 6.08 Å². The molecular weight excluding hydrogens is 258 g/mol. The fourth-order valence-corrected chi connectivity index (χ4v) is 3.91. The molecule has 2 aliphatic rings. The molecule has 0 aromatic rings. The van der Waals surface area contributed by atoms with Gasteiger partial charge in [0.05, 0.1) is 0 Å². The molecule has 0 N–H and O–H groups in total. The summed E-state index contributed by atoms with van der Waals surface area (Å²) in [5.74, 6) is 0.585. The number of carbonyl (C=O) groups excluding carboxylic acids is 1. The second kappa shape index (κ2) is 7.11. The van der Waals surface area contributed by atoms with Gasteiger partial charge in [-0.3, -0.25) is 4.79 Å². The minimum atomic E-state index is 0.239. The van der Waals surface area contributed by atoms with Gasteiger partial charge in [-0.1, -0.05) is 57.6 Å². The summed E-state index contributed by atoms with van der Waals surface area (Å²) in [6.07, 6.45) is 14.3. The van der Waals surface area contributed by atoms with E-state index in [-0.39, 0.29) is 5.92 Å². The van der Waals surface area contributed by atoms with Crippen LogP contribution in [-0.2, 0) is 4.79 Å². The van der Waals surface area contributed by atoms with Gasteiger partial charge in [-0.15, -0.1) is 0 Å². The fraction of sp³-hybridized carbons (Fsp3) is 0.632. The smallest absolute Gasteiger partial charge is 0.226 e. The van der Waals surface area contributed by atoms with Crippen LogP contribution in [0.3, 0.4) is 0 Å². The summed E-state index contributed by atoms with van der Waals surface area (Å²) in [6, 6.07) is 0. The van der Waals surface area contributed by atoms with Crippen molar-refractivity contribution in [3.8, 4) is 0 Å². The van der Waals surface area contributed by atoms with Crippen LogP contribution in [0.5, 0.6) is 0 Å². The van der Waals surface area contributed by atoms with Crippen LogP contribution < -0.4 is 0 Å². The Bertz CT molecular complexity index is 429. The maximum Gasteiger partial charge on any atom is 0.226 e. The first kappa shape index (κ1) is 16.1. The van der Waals surface area contributed by atoms with Crippen LogP contribution in [-0.4, -0.2) is 23.9 Å². The Morgan fingerprint density at radius 2 is 2.05 bits per heavy atom. The molecule has 0 radical (unpaired) electrons. The van der Waals surface area contributed by atoms with E-state index >= 15 is 0 Å². The van der Waals surface area contributed by atoms with Gasteiger partial charge in [0.1, 0.15) is 0 Å². The van der Waals surface area contributed by atoms with Gasteiger partial charge in [-0.2, -0.15) is 0 Å². The van der Waals surface area contributed by atoms with Crippen molar-refractivity contribution in [2.45, 2.75) is 51.9 Å². The fourth-order valence-electron chi connectivity index (χ4n) is 3.91. The van der Waals surface area contributed by atoms with Crippen LogP contribution >= 0.6 is 0 Å². The highest BCUT2D eigenvalue weighted by molar-refractivity contribution is 5.81. The molecule has 0 aromatic carbocycles. The number of hydrogen-bond acceptors (Lipinski definition) is 1. The largest absolute Gasteiger partial charge is 0.338 e. The third-order valence-corrected chi connectivity index (χ3v) is 5.18. The minimum Gasteiger partial charge on any atom is -0.338 e. The Labute approximate surface area is 129 Å². The highest BCUT2D eigenvalue weighted by Crippen LogP contribution is 2.43. The van der Waals surface area contributed by atoms with E-state index in [1.807, 2.05) is 17.1 Å². The topological polar surface area (TPSA) is 20.3 Å². The van der Waals surface area contributed by atoms with Gasteiger partial charge in [0.2, 0.25) is 5.91 Å². The number of likely N-dealkylation sites (tertiary alicyclic amines) is 1. The standard InChI is InChI=1S/C19H29NO/c1-4-9-16(5-2)15-20-13-10-17(18(20)21)14-19(3)11-7-6-8-12-19/h4-5,9,17H,1-2,6-8,10-15H2,3H3/b16-9+. The lowest BCUT2D eigenvalue weighted by Crippen LogP contribution is -2.32. The predicted molar refractivity (Wildman–Crippen MR) is 89.0 cm³/mol. The summed E-state index contributed by atoms with van der Waals surface area (Å²) in [4.78, 5) is 14.6. The summed E-state index contributed by atoms with van der Waals surface area (Å²) >= 11 is 0. The van der Waals surface area contributed by atoms with Gasteiger partial charge in [0.15, 0.2) is 0 Å². The van der Waals surface area contributed by atoms with Crippen molar-refractivity contribution in [1.82, 2.24) is 4.90 Å². The van der Waals surface area contributed by atoms with Crippen LogP contribution in [0.4, 0.5) is 0 Å². The second-order valence-corrected chi connectivity index (χ2v) is 7.00. The van der Waals surface area contributed by atoms with Crippen LogP contribution in [0.25, 0.3) is 0 Å². The van der Waals surface area contributed by atoms with Crippen molar-refractivity contribution in [3.63, 3.8) is 0 Å². The zero-order valence-corrected chi connectivity index (χ0v) is 13.4. The van der Waals surface area contributed by atoms with E-state index in [0.717, 1.165) is 25.0 Å². The average Bonchev–Trinajstić information content (AvgIpc) is 2.80. The molecule has 2 heteroatoms. The van der Waals surface area contributed by atoms with Crippen molar-refractivity contribution in [2.24, 2.45) is 11.3 Å². The molecular formula is C19H29NO. The van der Waals surface area contributed by atoms with E-state index in [1.165, 1.54) is 32.1 Å². The number of allylic oxidation sites excluding steroid dienone is 2. The number of carbonyl (C=O) groups is 1. The molecule has 116 valence electrons. The van der Waals surface area contributed by atoms with E-state index < -0.39 is 0 Å². The Morgan fingerprint density at radius 3 is 2.67 bits per heavy atom. The summed E-state index contributed by atoms with van der Waals surface area (Å²) in [5.41, 5.74) is 1.47. The maximum atomic E-state index is 12.6. The molecule has 1 unspecified atom stereocenters. The normalized spacial score (nSPS) is 26.0. The second-order valence-electron chi connectivity index (χ2n) is 7.00. The summed E-state index contributed by atoms with van der Waals surface area (Å²) in [7, 11) is 0. The molecule has 1 amide bonds. The molecule has 1 aliphatic heterocycles. The molecule has 0 aromatic heterocycles. The van der Waals surface area contributed by atoms with Gasteiger partial charge >= 0.3 is 0 Å². The van der Waals surface area contributed by atoms with Crippen molar-refractivity contribution >= 4 is 5.91 Å². The molecule has 0 spiro atoms. The van der Waals surface area contributed by atoms with Gasteiger partial charge in [-0.05, 0) is 36.7 Å². The van der Waals surface area contributed by atoms with Crippen LogP contribution in [0.1, 0.15) is 51.9 Å². The Hall–Kier alpha value is -1.31. The van der Waals surface area contributed by atoms with E-state index in [0.29, 0.717) is 17.9 Å².